The summed E-state index contributed by atoms with van der Waals surface area (Å²) in [6.45, 7) is 3.28. The smallest absolute Gasteiger partial charge is 0.278 e. The molecule has 0 atom stereocenters. The van der Waals surface area contributed by atoms with Crippen LogP contribution in [0.3, 0.4) is 0 Å². The number of sulfonamides is 1. The molecule has 0 heterocycles. The molecule has 0 bridgehead atoms. The number of carbonyl (C=O) groups excluding carboxylic acids is 1. The van der Waals surface area contributed by atoms with E-state index in [9.17, 15) is 13.2 Å². The van der Waals surface area contributed by atoms with Crippen molar-refractivity contribution in [2.45, 2.75) is 18.7 Å². The number of aryl methyl sites for hydroxylation is 2. The zero-order chi connectivity index (χ0) is 22.6. The lowest BCUT2D eigenvalue weighted by Crippen LogP contribution is -2.40. The predicted octanol–water partition coefficient (Wildman–Crippen LogP) is 4.88. The van der Waals surface area contributed by atoms with Gasteiger partial charge in [-0.1, -0.05) is 34.1 Å². The van der Waals surface area contributed by atoms with E-state index in [2.05, 4.69) is 15.9 Å². The van der Waals surface area contributed by atoms with Crippen LogP contribution in [0.25, 0.3) is 0 Å². The summed E-state index contributed by atoms with van der Waals surface area (Å²) in [5.41, 5.74) is 1.87. The topological polar surface area (TPSA) is 72.9 Å². The van der Waals surface area contributed by atoms with Crippen molar-refractivity contribution in [3.8, 4) is 11.5 Å². The van der Waals surface area contributed by atoms with Crippen molar-refractivity contribution in [3.05, 3.63) is 82.3 Å². The third kappa shape index (κ3) is 5.08. The van der Waals surface area contributed by atoms with E-state index in [1.165, 1.54) is 31.4 Å². The molecule has 0 aliphatic carbocycles. The van der Waals surface area contributed by atoms with E-state index in [1.54, 1.807) is 30.3 Å². The van der Waals surface area contributed by atoms with Crippen LogP contribution in [0.15, 0.2) is 76.1 Å². The molecule has 31 heavy (non-hydrogen) atoms. The lowest BCUT2D eigenvalue weighted by atomic mass is 10.1. The molecule has 0 fully saturated rings. The fraction of sp³-hybridized carbons (Fsp3) is 0.174. The highest BCUT2D eigenvalue weighted by Crippen LogP contribution is 2.29. The van der Waals surface area contributed by atoms with E-state index < -0.39 is 22.5 Å². The van der Waals surface area contributed by atoms with Gasteiger partial charge in [0.2, 0.25) is 0 Å². The maximum atomic E-state index is 13.3. The lowest BCUT2D eigenvalue weighted by Gasteiger charge is -2.23. The van der Waals surface area contributed by atoms with Crippen LogP contribution in [0.5, 0.6) is 11.5 Å². The van der Waals surface area contributed by atoms with E-state index in [4.69, 9.17) is 9.47 Å². The molecule has 0 aliphatic rings. The van der Waals surface area contributed by atoms with Gasteiger partial charge in [-0.25, -0.2) is 8.42 Å². The maximum absolute atomic E-state index is 13.3. The van der Waals surface area contributed by atoms with Gasteiger partial charge in [0.15, 0.2) is 6.61 Å². The molecule has 0 aromatic heterocycles. The zero-order valence-corrected chi connectivity index (χ0v) is 19.7. The number of anilines is 1. The SMILES string of the molecule is COc1ccc(N(C(=O)COc2c(C)cc(Br)cc2C)S(=O)(=O)c2ccccc2)cc1. The summed E-state index contributed by atoms with van der Waals surface area (Å²) in [7, 11) is -2.64. The normalized spacial score (nSPS) is 11.1. The van der Waals surface area contributed by atoms with E-state index in [-0.39, 0.29) is 10.6 Å². The van der Waals surface area contributed by atoms with Crippen LogP contribution in [0, 0.1) is 13.8 Å². The third-order valence-corrected chi connectivity index (χ3v) is 6.80. The quantitative estimate of drug-likeness (QED) is 0.459. The molecular weight excluding hydrogens is 482 g/mol. The second kappa shape index (κ2) is 9.53. The Balaban J connectivity index is 1.97. The van der Waals surface area contributed by atoms with Crippen molar-refractivity contribution in [1.29, 1.82) is 0 Å². The molecule has 6 nitrogen and oxygen atoms in total. The van der Waals surface area contributed by atoms with Crippen LogP contribution in [-0.4, -0.2) is 28.0 Å². The van der Waals surface area contributed by atoms with Crippen LogP contribution < -0.4 is 13.8 Å². The summed E-state index contributed by atoms with van der Waals surface area (Å²) in [5, 5.41) is 0. The summed E-state index contributed by atoms with van der Waals surface area (Å²) in [5.74, 6) is 0.379. The third-order valence-electron chi connectivity index (χ3n) is 4.58. The van der Waals surface area contributed by atoms with E-state index in [1.807, 2.05) is 26.0 Å². The molecule has 0 radical (unpaired) electrons. The fourth-order valence-corrected chi connectivity index (χ4v) is 5.27. The van der Waals surface area contributed by atoms with Crippen molar-refractivity contribution in [2.24, 2.45) is 0 Å². The molecule has 0 saturated heterocycles. The summed E-state index contributed by atoms with van der Waals surface area (Å²) in [6.07, 6.45) is 0. The number of nitrogens with zero attached hydrogens (tertiary/aromatic N) is 1. The Morgan fingerprint density at radius 3 is 2.10 bits per heavy atom. The van der Waals surface area contributed by atoms with Gasteiger partial charge in [0.25, 0.3) is 15.9 Å². The molecule has 0 saturated carbocycles. The van der Waals surface area contributed by atoms with Gasteiger partial charge in [-0.15, -0.1) is 0 Å². The lowest BCUT2D eigenvalue weighted by molar-refractivity contribution is -0.119. The predicted molar refractivity (Wildman–Crippen MR) is 123 cm³/mol. The Labute approximate surface area is 190 Å². The van der Waals surface area contributed by atoms with Crippen molar-refractivity contribution in [3.63, 3.8) is 0 Å². The molecule has 0 spiro atoms. The van der Waals surface area contributed by atoms with Gasteiger partial charge < -0.3 is 9.47 Å². The number of benzene rings is 3. The van der Waals surface area contributed by atoms with Crippen LogP contribution in [0.1, 0.15) is 11.1 Å². The van der Waals surface area contributed by atoms with Crippen molar-refractivity contribution < 1.29 is 22.7 Å². The van der Waals surface area contributed by atoms with Crippen molar-refractivity contribution >= 4 is 37.5 Å². The molecule has 3 aromatic rings. The first-order chi connectivity index (χ1) is 14.7. The highest BCUT2D eigenvalue weighted by molar-refractivity contribution is 9.10. The van der Waals surface area contributed by atoms with Crippen LogP contribution >= 0.6 is 15.9 Å². The van der Waals surface area contributed by atoms with Crippen molar-refractivity contribution in [1.82, 2.24) is 0 Å². The highest BCUT2D eigenvalue weighted by atomic mass is 79.9. The summed E-state index contributed by atoms with van der Waals surface area (Å²) in [4.78, 5) is 13.2. The van der Waals surface area contributed by atoms with Gasteiger partial charge in [0, 0.05) is 4.47 Å². The number of carbonyl (C=O) groups is 1. The first-order valence-corrected chi connectivity index (χ1v) is 11.6. The number of methoxy groups -OCH3 is 1. The summed E-state index contributed by atoms with van der Waals surface area (Å²) in [6, 6.07) is 17.8. The van der Waals surface area contributed by atoms with Gasteiger partial charge in [0.1, 0.15) is 11.5 Å². The molecular formula is C23H22BrNO5S. The molecule has 3 rings (SSSR count). The molecule has 0 aliphatic heterocycles. The monoisotopic (exact) mass is 503 g/mol. The second-order valence-corrected chi connectivity index (χ2v) is 9.53. The van der Waals surface area contributed by atoms with Gasteiger partial charge in [-0.05, 0) is 73.5 Å². The van der Waals surface area contributed by atoms with Gasteiger partial charge >= 0.3 is 0 Å². The number of halogens is 1. The van der Waals surface area contributed by atoms with E-state index in [0.29, 0.717) is 11.5 Å². The molecule has 8 heteroatoms. The fourth-order valence-electron chi connectivity index (χ4n) is 3.15. The van der Waals surface area contributed by atoms with Crippen LogP contribution in [0.4, 0.5) is 5.69 Å². The summed E-state index contributed by atoms with van der Waals surface area (Å²) < 4.78 is 39.2. The first-order valence-electron chi connectivity index (χ1n) is 9.41. The van der Waals surface area contributed by atoms with Gasteiger partial charge in [0.05, 0.1) is 17.7 Å². The minimum absolute atomic E-state index is 0.00942. The number of rotatable bonds is 7. The molecule has 0 unspecified atom stereocenters. The molecule has 162 valence electrons. The average Bonchev–Trinajstić information content (AvgIpc) is 2.74. The Hall–Kier alpha value is -2.84. The minimum Gasteiger partial charge on any atom is -0.497 e. The van der Waals surface area contributed by atoms with E-state index >= 15 is 0 Å². The molecule has 3 aromatic carbocycles. The van der Waals surface area contributed by atoms with Crippen molar-refractivity contribution in [2.75, 3.05) is 18.0 Å². The number of hydrogen-bond donors (Lipinski definition) is 0. The standard InChI is InChI=1S/C23H22BrNO5S/c1-16-13-18(24)14-17(2)23(16)30-15-22(26)25(19-9-11-20(29-3)12-10-19)31(27,28)21-7-5-4-6-8-21/h4-14H,15H2,1-3H3. The Morgan fingerprint density at radius 2 is 1.55 bits per heavy atom. The summed E-state index contributed by atoms with van der Waals surface area (Å²) >= 11 is 3.42. The average molecular weight is 504 g/mol. The highest BCUT2D eigenvalue weighted by Gasteiger charge is 2.31. The Bertz CT molecular complexity index is 1160. The van der Waals surface area contributed by atoms with Gasteiger partial charge in [-0.3, -0.25) is 4.79 Å². The Morgan fingerprint density at radius 1 is 0.968 bits per heavy atom. The first kappa shape index (κ1) is 22.8. The van der Waals surface area contributed by atoms with E-state index in [0.717, 1.165) is 19.9 Å². The number of ether oxygens (including phenoxy) is 2. The van der Waals surface area contributed by atoms with Crippen LogP contribution in [0.2, 0.25) is 0 Å². The zero-order valence-electron chi connectivity index (χ0n) is 17.3. The second-order valence-electron chi connectivity index (χ2n) is 6.83. The minimum atomic E-state index is -4.15. The van der Waals surface area contributed by atoms with Crippen LogP contribution in [-0.2, 0) is 14.8 Å². The Kier molecular flexibility index (Phi) is 7.02. The van der Waals surface area contributed by atoms with Gasteiger partial charge in [-0.2, -0.15) is 4.31 Å². The molecule has 1 amide bonds. The maximum Gasteiger partial charge on any atom is 0.278 e. The largest absolute Gasteiger partial charge is 0.497 e. The number of hydrogen-bond acceptors (Lipinski definition) is 5. The number of amides is 1. The molecule has 0 N–H and O–H groups in total.